The predicted molar refractivity (Wildman–Crippen MR) is 152 cm³/mol. The average molecular weight is 602 g/mol. The molecule has 2 heterocycles. The van der Waals surface area contributed by atoms with Crippen molar-refractivity contribution in [3.05, 3.63) is 79.9 Å². The van der Waals surface area contributed by atoms with Crippen molar-refractivity contribution in [3.63, 3.8) is 0 Å². The number of carbonyl (C=O) groups is 3. The molecule has 224 valence electrons. The Kier molecular flexibility index (Phi) is 9.50. The Morgan fingerprint density at radius 3 is 1.67 bits per heavy atom. The molecule has 2 aliphatic rings. The van der Waals surface area contributed by atoms with E-state index in [2.05, 4.69) is 12.6 Å². The van der Waals surface area contributed by atoms with Crippen LogP contribution in [-0.4, -0.2) is 85.6 Å². The highest BCUT2D eigenvalue weighted by atomic mass is 32.1. The third kappa shape index (κ3) is 7.08. The molecule has 2 unspecified atom stereocenters. The number of non-ortho nitro benzene ring substituents is 2. The average Bonchev–Trinajstić information content (AvgIpc) is 3.37. The van der Waals surface area contributed by atoms with E-state index in [9.17, 15) is 34.6 Å². The summed E-state index contributed by atoms with van der Waals surface area (Å²) >= 11 is 4.50. The lowest BCUT2D eigenvalue weighted by Crippen LogP contribution is -2.62. The van der Waals surface area contributed by atoms with E-state index in [-0.39, 0.29) is 67.5 Å². The van der Waals surface area contributed by atoms with Crippen LogP contribution in [0.2, 0.25) is 0 Å². The van der Waals surface area contributed by atoms with Crippen LogP contribution in [0, 0.1) is 20.2 Å². The van der Waals surface area contributed by atoms with Gasteiger partial charge < -0.3 is 19.3 Å². The summed E-state index contributed by atoms with van der Waals surface area (Å²) in [4.78, 5) is 64.6. The molecule has 2 aromatic carbocycles. The fourth-order valence-corrected chi connectivity index (χ4v) is 5.39. The molecular formula is C27H31N5O9S. The van der Waals surface area contributed by atoms with Gasteiger partial charge in [-0.1, -0.05) is 0 Å². The van der Waals surface area contributed by atoms with Crippen LogP contribution in [0.5, 0.6) is 0 Å². The summed E-state index contributed by atoms with van der Waals surface area (Å²) in [6.45, 7) is 4.10. The van der Waals surface area contributed by atoms with Crippen LogP contribution in [0.4, 0.5) is 21.0 Å². The van der Waals surface area contributed by atoms with Gasteiger partial charge in [0.2, 0.25) is 5.91 Å². The highest BCUT2D eigenvalue weighted by molar-refractivity contribution is 7.81. The van der Waals surface area contributed by atoms with Crippen LogP contribution in [0.3, 0.4) is 0 Å². The Morgan fingerprint density at radius 2 is 1.19 bits per heavy atom. The molecule has 3 amide bonds. The Bertz CT molecular complexity index is 1340. The van der Waals surface area contributed by atoms with E-state index in [0.717, 1.165) is 0 Å². The largest absolute Gasteiger partial charge is 0.445 e. The van der Waals surface area contributed by atoms with Gasteiger partial charge in [0.15, 0.2) is 0 Å². The third-order valence-corrected chi connectivity index (χ3v) is 7.70. The molecule has 4 atom stereocenters. The number of ether oxygens (including phenoxy) is 2. The number of carbonyl (C=O) groups excluding carboxylic acids is 3. The summed E-state index contributed by atoms with van der Waals surface area (Å²) < 4.78 is 10.8. The van der Waals surface area contributed by atoms with Crippen molar-refractivity contribution in [3.8, 4) is 0 Å². The van der Waals surface area contributed by atoms with Crippen LogP contribution in [0.25, 0.3) is 0 Å². The second-order valence-electron chi connectivity index (χ2n) is 10.4. The fraction of sp³-hybridized carbons (Fsp3) is 0.444. The van der Waals surface area contributed by atoms with Crippen molar-refractivity contribution in [1.29, 1.82) is 0 Å². The number of amides is 3. The fourth-order valence-electron chi connectivity index (χ4n) is 5.01. The van der Waals surface area contributed by atoms with Gasteiger partial charge in [0.05, 0.1) is 9.85 Å². The van der Waals surface area contributed by atoms with Crippen LogP contribution >= 0.6 is 12.6 Å². The van der Waals surface area contributed by atoms with E-state index >= 15 is 0 Å². The number of hydrogen-bond acceptors (Lipinski definition) is 10. The molecular weight excluding hydrogens is 570 g/mol. The molecule has 0 aromatic heterocycles. The van der Waals surface area contributed by atoms with Crippen molar-refractivity contribution in [2.45, 2.75) is 56.9 Å². The summed E-state index contributed by atoms with van der Waals surface area (Å²) in [6, 6.07) is 9.84. The molecule has 0 bridgehead atoms. The summed E-state index contributed by atoms with van der Waals surface area (Å²) in [5.74, 6) is -0.267. The maximum absolute atomic E-state index is 13.7. The van der Waals surface area contributed by atoms with Crippen molar-refractivity contribution >= 4 is 42.1 Å². The van der Waals surface area contributed by atoms with Crippen LogP contribution in [-0.2, 0) is 27.5 Å². The molecule has 2 saturated heterocycles. The summed E-state index contributed by atoms with van der Waals surface area (Å²) in [6.07, 6.45) is -0.905. The molecule has 0 spiro atoms. The predicted octanol–water partition coefficient (Wildman–Crippen LogP) is 3.77. The van der Waals surface area contributed by atoms with Gasteiger partial charge in [-0.2, -0.15) is 12.6 Å². The van der Waals surface area contributed by atoms with Crippen molar-refractivity contribution in [2.75, 3.05) is 19.6 Å². The second kappa shape index (κ2) is 13.1. The Morgan fingerprint density at radius 1 is 0.762 bits per heavy atom. The molecule has 2 fully saturated rings. The first-order valence-corrected chi connectivity index (χ1v) is 13.8. The smallest absolute Gasteiger partial charge is 0.410 e. The molecule has 2 aromatic rings. The molecule has 14 nitrogen and oxygen atoms in total. The molecule has 15 heteroatoms. The van der Waals surface area contributed by atoms with Crippen LogP contribution in [0.1, 0.15) is 31.4 Å². The Labute approximate surface area is 246 Å². The SMILES string of the molecule is CC1CN(C(=O)[C@@H]2C[C@H](S)CN2C(=O)OCc2ccc([N+](=O)[O-])cc2)C(C)CN1C(=O)OCc1ccc([N+](=O)[O-])cc1. The summed E-state index contributed by atoms with van der Waals surface area (Å²) in [5.41, 5.74) is 1.04. The monoisotopic (exact) mass is 601 g/mol. The van der Waals surface area contributed by atoms with Gasteiger partial charge in [-0.25, -0.2) is 9.59 Å². The highest BCUT2D eigenvalue weighted by Crippen LogP contribution is 2.27. The maximum Gasteiger partial charge on any atom is 0.410 e. The van der Waals surface area contributed by atoms with E-state index in [1.807, 2.05) is 6.92 Å². The van der Waals surface area contributed by atoms with Gasteiger partial charge in [-0.15, -0.1) is 0 Å². The zero-order valence-electron chi connectivity index (χ0n) is 23.0. The number of nitro benzene ring substituents is 2. The number of nitrogens with zero attached hydrogens (tertiary/aromatic N) is 5. The van der Waals surface area contributed by atoms with Gasteiger partial charge in [-0.3, -0.25) is 29.9 Å². The van der Waals surface area contributed by atoms with E-state index in [4.69, 9.17) is 9.47 Å². The van der Waals surface area contributed by atoms with Gasteiger partial charge in [0.1, 0.15) is 19.3 Å². The van der Waals surface area contributed by atoms with Crippen molar-refractivity contribution in [1.82, 2.24) is 14.7 Å². The minimum Gasteiger partial charge on any atom is -0.445 e. The second-order valence-corrected chi connectivity index (χ2v) is 11.1. The van der Waals surface area contributed by atoms with Crippen LogP contribution < -0.4 is 0 Å². The first kappa shape index (κ1) is 30.6. The first-order valence-electron chi connectivity index (χ1n) is 13.3. The minimum absolute atomic E-state index is 0.0561. The normalized spacial score (nSPS) is 22.0. The molecule has 2 aliphatic heterocycles. The van der Waals surface area contributed by atoms with E-state index in [1.165, 1.54) is 58.3 Å². The van der Waals surface area contributed by atoms with Crippen molar-refractivity contribution < 1.29 is 33.7 Å². The number of likely N-dealkylation sites (tertiary alicyclic amines) is 1. The van der Waals surface area contributed by atoms with Gasteiger partial charge in [0.25, 0.3) is 11.4 Å². The number of benzene rings is 2. The number of thiol groups is 1. The quantitative estimate of drug-likeness (QED) is 0.282. The van der Waals surface area contributed by atoms with E-state index < -0.39 is 28.1 Å². The lowest BCUT2D eigenvalue weighted by molar-refractivity contribution is -0.385. The molecule has 0 saturated carbocycles. The zero-order valence-corrected chi connectivity index (χ0v) is 23.9. The van der Waals surface area contributed by atoms with Gasteiger partial charge >= 0.3 is 12.2 Å². The molecule has 0 aliphatic carbocycles. The first-order chi connectivity index (χ1) is 19.9. The van der Waals surface area contributed by atoms with Gasteiger partial charge in [-0.05, 0) is 55.7 Å². The maximum atomic E-state index is 13.7. The topological polar surface area (TPSA) is 166 Å². The number of rotatable bonds is 7. The van der Waals surface area contributed by atoms with E-state index in [1.54, 1.807) is 11.8 Å². The Hall–Kier alpha value is -4.40. The third-order valence-electron chi connectivity index (χ3n) is 7.32. The highest BCUT2D eigenvalue weighted by Gasteiger charge is 2.44. The zero-order chi connectivity index (χ0) is 30.6. The van der Waals surface area contributed by atoms with Crippen LogP contribution in [0.15, 0.2) is 48.5 Å². The Balaban J connectivity index is 1.33. The molecule has 4 rings (SSSR count). The molecule has 42 heavy (non-hydrogen) atoms. The number of piperazine rings is 1. The lowest BCUT2D eigenvalue weighted by atomic mass is 10.1. The standard InChI is InChI=1S/C27H31N5O9S/c1-17-13-29(26(34)40-15-19-3-7-21(8-4-19)31(36)37)18(2)12-28(17)25(33)24-11-23(42)14-30(24)27(35)41-16-20-5-9-22(10-6-20)32(38)39/h3-10,17-18,23-24,42H,11-16H2,1-2H3/t17?,18?,23-,24-/m0/s1. The van der Waals surface area contributed by atoms with Gasteiger partial charge in [0, 0.05) is 61.2 Å². The summed E-state index contributed by atoms with van der Waals surface area (Å²) in [7, 11) is 0. The van der Waals surface area contributed by atoms with E-state index in [0.29, 0.717) is 17.5 Å². The lowest BCUT2D eigenvalue weighted by Gasteiger charge is -2.44. The molecule has 0 N–H and O–H groups in total. The number of hydrogen-bond donors (Lipinski definition) is 1. The summed E-state index contributed by atoms with van der Waals surface area (Å²) in [5, 5.41) is 21.4. The van der Waals surface area contributed by atoms with Crippen molar-refractivity contribution in [2.24, 2.45) is 0 Å². The number of nitro groups is 2. The molecule has 0 radical (unpaired) electrons. The minimum atomic E-state index is -0.785.